The first-order chi connectivity index (χ1) is 14.0. The van der Waals surface area contributed by atoms with E-state index in [1.807, 2.05) is 43.0 Å². The third-order valence-corrected chi connectivity index (χ3v) is 6.20. The number of carbonyl (C=O) groups excluding carboxylic acids is 2. The molecule has 0 radical (unpaired) electrons. The van der Waals surface area contributed by atoms with Crippen LogP contribution in [0.15, 0.2) is 42.5 Å². The van der Waals surface area contributed by atoms with Gasteiger partial charge in [0.25, 0.3) is 0 Å². The summed E-state index contributed by atoms with van der Waals surface area (Å²) in [7, 11) is 0. The number of nitrogens with zero attached hydrogens (tertiary/aromatic N) is 1. The lowest BCUT2D eigenvalue weighted by molar-refractivity contribution is -0.136. The molecule has 2 aliphatic rings. The number of rotatable bonds is 3. The van der Waals surface area contributed by atoms with Crippen molar-refractivity contribution in [2.45, 2.75) is 45.7 Å². The molecule has 2 aliphatic heterocycles. The second-order valence-corrected chi connectivity index (χ2v) is 8.31. The van der Waals surface area contributed by atoms with Gasteiger partial charge in [0.1, 0.15) is 0 Å². The van der Waals surface area contributed by atoms with Gasteiger partial charge in [-0.1, -0.05) is 42.0 Å². The van der Waals surface area contributed by atoms with E-state index in [1.54, 1.807) is 0 Å². The van der Waals surface area contributed by atoms with Gasteiger partial charge in [0, 0.05) is 31.2 Å². The Balaban J connectivity index is 0.00000256. The Morgan fingerprint density at radius 1 is 1.03 bits per heavy atom. The molecule has 4 rings (SSSR count). The first-order valence-electron chi connectivity index (χ1n) is 10.5. The predicted octanol–water partition coefficient (Wildman–Crippen LogP) is 3.62. The lowest BCUT2D eigenvalue weighted by atomic mass is 9.92. The second kappa shape index (κ2) is 9.63. The van der Waals surface area contributed by atoms with Crippen molar-refractivity contribution in [1.82, 2.24) is 10.2 Å². The molecule has 2 aromatic rings. The van der Waals surface area contributed by atoms with Gasteiger partial charge >= 0.3 is 0 Å². The van der Waals surface area contributed by atoms with Gasteiger partial charge in [0.2, 0.25) is 11.8 Å². The van der Waals surface area contributed by atoms with Crippen molar-refractivity contribution in [3.63, 3.8) is 0 Å². The van der Waals surface area contributed by atoms with Gasteiger partial charge in [-0.25, -0.2) is 0 Å². The maximum absolute atomic E-state index is 13.0. The molecule has 1 fully saturated rings. The Kier molecular flexibility index (Phi) is 7.16. The number of halogens is 1. The molecule has 2 N–H and O–H groups in total. The Morgan fingerprint density at radius 3 is 2.43 bits per heavy atom. The number of aryl methyl sites for hydroxylation is 2. The van der Waals surface area contributed by atoms with Gasteiger partial charge in [0.05, 0.1) is 6.04 Å². The summed E-state index contributed by atoms with van der Waals surface area (Å²) in [6.45, 7) is 6.08. The molecule has 0 aliphatic carbocycles. The largest absolute Gasteiger partial charge is 0.341 e. The summed E-state index contributed by atoms with van der Waals surface area (Å²) in [4.78, 5) is 27.6. The average Bonchev–Trinajstić information content (AvgIpc) is 2.75. The molecule has 1 unspecified atom stereocenters. The van der Waals surface area contributed by atoms with E-state index in [4.69, 9.17) is 0 Å². The number of anilines is 1. The Bertz CT molecular complexity index is 922. The topological polar surface area (TPSA) is 61.4 Å². The highest BCUT2D eigenvalue weighted by Gasteiger charge is 2.32. The zero-order valence-electron chi connectivity index (χ0n) is 17.6. The molecule has 2 heterocycles. The van der Waals surface area contributed by atoms with E-state index in [0.717, 1.165) is 24.2 Å². The van der Waals surface area contributed by atoms with Gasteiger partial charge < -0.3 is 15.5 Å². The highest BCUT2D eigenvalue weighted by atomic mass is 35.5. The first-order valence-corrected chi connectivity index (χ1v) is 10.5. The summed E-state index contributed by atoms with van der Waals surface area (Å²) in [5, 5.41) is 6.45. The Morgan fingerprint density at radius 2 is 1.73 bits per heavy atom. The van der Waals surface area contributed by atoms with Crippen LogP contribution in [0.3, 0.4) is 0 Å². The van der Waals surface area contributed by atoms with Crippen molar-refractivity contribution in [2.24, 2.45) is 5.92 Å². The van der Waals surface area contributed by atoms with Crippen LogP contribution in [0, 0.1) is 19.8 Å². The number of benzene rings is 2. The molecule has 30 heavy (non-hydrogen) atoms. The number of carbonyl (C=O) groups is 2. The smallest absolute Gasteiger partial charge is 0.240 e. The summed E-state index contributed by atoms with van der Waals surface area (Å²) in [6.07, 6.45) is 2.17. The van der Waals surface area contributed by atoms with Crippen molar-refractivity contribution in [2.75, 3.05) is 18.4 Å². The summed E-state index contributed by atoms with van der Waals surface area (Å²) in [6, 6.07) is 14.2. The van der Waals surface area contributed by atoms with Crippen molar-refractivity contribution in [1.29, 1.82) is 0 Å². The van der Waals surface area contributed by atoms with Crippen molar-refractivity contribution >= 4 is 29.9 Å². The SMILES string of the molecule is Cc1ccc(NC(=O)C2CCN(C(=O)C3Cc4ccccc4CN3)CC2)c(C)c1.Cl. The Hall–Kier alpha value is -2.37. The molecular formula is C24H30ClN3O2. The standard InChI is InChI=1S/C24H29N3O2.ClH/c1-16-7-8-21(17(2)13-16)26-23(28)18-9-11-27(12-10-18)24(29)22-14-19-5-3-4-6-20(19)15-25-22;/h3-8,13,18,22,25H,9-12,14-15H2,1-2H3,(H,26,28);1H. The van der Waals surface area contributed by atoms with Gasteiger partial charge in [-0.3, -0.25) is 9.59 Å². The van der Waals surface area contributed by atoms with Gasteiger partial charge in [-0.05, 0) is 55.9 Å². The third kappa shape index (κ3) is 4.85. The van der Waals surface area contributed by atoms with Crippen LogP contribution < -0.4 is 10.6 Å². The second-order valence-electron chi connectivity index (χ2n) is 8.31. The molecule has 2 aromatic carbocycles. The van der Waals surface area contributed by atoms with Crippen molar-refractivity contribution < 1.29 is 9.59 Å². The predicted molar refractivity (Wildman–Crippen MR) is 122 cm³/mol. The van der Waals surface area contributed by atoms with E-state index in [0.29, 0.717) is 25.9 Å². The number of amides is 2. The van der Waals surface area contributed by atoms with E-state index < -0.39 is 0 Å². The van der Waals surface area contributed by atoms with Gasteiger partial charge in [0.15, 0.2) is 0 Å². The fraction of sp³-hybridized carbons (Fsp3) is 0.417. The van der Waals surface area contributed by atoms with Gasteiger partial charge in [-0.2, -0.15) is 0 Å². The molecular weight excluding hydrogens is 398 g/mol. The average molecular weight is 428 g/mol. The van der Waals surface area contributed by atoms with Crippen LogP contribution in [0.4, 0.5) is 5.69 Å². The lowest BCUT2D eigenvalue weighted by Crippen LogP contribution is -2.52. The molecule has 160 valence electrons. The lowest BCUT2D eigenvalue weighted by Gasteiger charge is -2.35. The van der Waals surface area contributed by atoms with Crippen LogP contribution in [-0.4, -0.2) is 35.8 Å². The van der Waals surface area contributed by atoms with E-state index in [9.17, 15) is 9.59 Å². The normalized spacial score (nSPS) is 18.9. The molecule has 5 nitrogen and oxygen atoms in total. The molecule has 6 heteroatoms. The third-order valence-electron chi connectivity index (χ3n) is 6.20. The van der Waals surface area contributed by atoms with E-state index in [2.05, 4.69) is 28.8 Å². The summed E-state index contributed by atoms with van der Waals surface area (Å²) in [5.41, 5.74) is 5.68. The highest BCUT2D eigenvalue weighted by Crippen LogP contribution is 2.24. The maximum atomic E-state index is 13.0. The molecule has 0 aromatic heterocycles. The monoisotopic (exact) mass is 427 g/mol. The van der Waals surface area contributed by atoms with E-state index in [-0.39, 0.29) is 36.2 Å². The minimum atomic E-state index is -0.162. The summed E-state index contributed by atoms with van der Waals surface area (Å²) in [5.74, 6) is 0.182. The summed E-state index contributed by atoms with van der Waals surface area (Å²) < 4.78 is 0. The number of nitrogens with one attached hydrogen (secondary N) is 2. The minimum absolute atomic E-state index is 0. The van der Waals surface area contributed by atoms with Crippen molar-refractivity contribution in [3.05, 3.63) is 64.7 Å². The number of piperidine rings is 1. The highest BCUT2D eigenvalue weighted by molar-refractivity contribution is 5.93. The fourth-order valence-electron chi connectivity index (χ4n) is 4.40. The fourth-order valence-corrected chi connectivity index (χ4v) is 4.40. The van der Waals surface area contributed by atoms with Crippen LogP contribution in [0.2, 0.25) is 0 Å². The molecule has 0 bridgehead atoms. The number of fused-ring (bicyclic) bond motifs is 1. The van der Waals surface area contributed by atoms with Crippen LogP contribution in [0.5, 0.6) is 0 Å². The first kappa shape index (κ1) is 22.3. The molecule has 1 atom stereocenters. The molecule has 0 saturated carbocycles. The van der Waals surface area contributed by atoms with Crippen LogP contribution in [0.25, 0.3) is 0 Å². The number of hydrogen-bond donors (Lipinski definition) is 2. The zero-order valence-corrected chi connectivity index (χ0v) is 18.4. The summed E-state index contributed by atoms with van der Waals surface area (Å²) >= 11 is 0. The van der Waals surface area contributed by atoms with Crippen molar-refractivity contribution in [3.8, 4) is 0 Å². The van der Waals surface area contributed by atoms with E-state index in [1.165, 1.54) is 16.7 Å². The quantitative estimate of drug-likeness (QED) is 0.786. The molecule has 0 spiro atoms. The Labute approximate surface area is 184 Å². The van der Waals surface area contributed by atoms with Gasteiger partial charge in [-0.15, -0.1) is 12.4 Å². The van der Waals surface area contributed by atoms with Crippen LogP contribution >= 0.6 is 12.4 Å². The van der Waals surface area contributed by atoms with Crippen LogP contribution in [0.1, 0.15) is 35.1 Å². The molecule has 1 saturated heterocycles. The number of hydrogen-bond acceptors (Lipinski definition) is 3. The molecule has 2 amide bonds. The minimum Gasteiger partial charge on any atom is -0.341 e. The van der Waals surface area contributed by atoms with Crippen LogP contribution in [-0.2, 0) is 22.6 Å². The number of likely N-dealkylation sites (tertiary alicyclic amines) is 1. The maximum Gasteiger partial charge on any atom is 0.240 e. The van der Waals surface area contributed by atoms with E-state index >= 15 is 0 Å². The zero-order chi connectivity index (χ0) is 20.4.